The third-order valence-electron chi connectivity index (χ3n) is 3.89. The molecule has 0 saturated heterocycles. The van der Waals surface area contributed by atoms with Crippen LogP contribution in [0.4, 0.5) is 0 Å². The molecule has 1 atom stereocenters. The minimum absolute atomic E-state index is 0.102. The lowest BCUT2D eigenvalue weighted by Gasteiger charge is -2.26. The molecule has 132 valence electrons. The van der Waals surface area contributed by atoms with E-state index >= 15 is 0 Å². The molecule has 8 heteroatoms. The van der Waals surface area contributed by atoms with Crippen LogP contribution >= 0.6 is 0 Å². The number of ether oxygens (including phenoxy) is 4. The molecule has 0 saturated carbocycles. The van der Waals surface area contributed by atoms with Crippen molar-refractivity contribution < 1.29 is 27.4 Å². The summed E-state index contributed by atoms with van der Waals surface area (Å²) >= 11 is 0. The van der Waals surface area contributed by atoms with Gasteiger partial charge in [0.2, 0.25) is 10.0 Å². The zero-order valence-electron chi connectivity index (χ0n) is 13.3. The fourth-order valence-electron chi connectivity index (χ4n) is 2.64. The molecule has 25 heavy (non-hydrogen) atoms. The molecule has 1 N–H and O–H groups in total. The number of benzene rings is 2. The van der Waals surface area contributed by atoms with E-state index in [0.29, 0.717) is 36.2 Å². The number of sulfonamides is 1. The smallest absolute Gasteiger partial charge is 0.240 e. The summed E-state index contributed by atoms with van der Waals surface area (Å²) in [7, 11) is -3.69. The third-order valence-corrected chi connectivity index (χ3v) is 5.31. The van der Waals surface area contributed by atoms with Gasteiger partial charge in [-0.2, -0.15) is 0 Å². The molecule has 0 aliphatic carbocycles. The van der Waals surface area contributed by atoms with Gasteiger partial charge in [-0.1, -0.05) is 12.1 Å². The number of hydrogen-bond donors (Lipinski definition) is 1. The fraction of sp³-hybridized carbons (Fsp3) is 0.294. The highest BCUT2D eigenvalue weighted by atomic mass is 32.2. The summed E-state index contributed by atoms with van der Waals surface area (Å²) in [4.78, 5) is 0.119. The Labute approximate surface area is 145 Å². The SMILES string of the molecule is O=S(=O)(NC[C@H]1COc2ccccc2O1)c1ccc2c(c1)OCCO2. The molecule has 2 aliphatic heterocycles. The van der Waals surface area contributed by atoms with E-state index < -0.39 is 16.1 Å². The second-order valence-corrected chi connectivity index (χ2v) is 7.42. The highest BCUT2D eigenvalue weighted by molar-refractivity contribution is 7.89. The maximum absolute atomic E-state index is 12.5. The highest BCUT2D eigenvalue weighted by Gasteiger charge is 2.24. The zero-order chi connectivity index (χ0) is 17.3. The van der Waals surface area contributed by atoms with Crippen molar-refractivity contribution >= 4 is 10.0 Å². The van der Waals surface area contributed by atoms with Gasteiger partial charge in [0.1, 0.15) is 25.9 Å². The summed E-state index contributed by atoms with van der Waals surface area (Å²) in [6.45, 7) is 1.24. The van der Waals surface area contributed by atoms with Crippen LogP contribution in [-0.4, -0.2) is 40.9 Å². The van der Waals surface area contributed by atoms with Gasteiger partial charge in [-0.05, 0) is 24.3 Å². The second-order valence-electron chi connectivity index (χ2n) is 5.65. The topological polar surface area (TPSA) is 83.1 Å². The molecular weight excluding hydrogens is 346 g/mol. The lowest BCUT2D eigenvalue weighted by molar-refractivity contribution is 0.0943. The molecule has 0 radical (unpaired) electrons. The van der Waals surface area contributed by atoms with Gasteiger partial charge in [0.15, 0.2) is 23.0 Å². The summed E-state index contributed by atoms with van der Waals surface area (Å²) < 4.78 is 49.7. The van der Waals surface area contributed by atoms with E-state index in [0.717, 1.165) is 0 Å². The van der Waals surface area contributed by atoms with E-state index in [1.54, 1.807) is 12.1 Å². The Hall–Kier alpha value is -2.45. The number of nitrogens with one attached hydrogen (secondary N) is 1. The number of hydrogen-bond acceptors (Lipinski definition) is 6. The molecule has 4 rings (SSSR count). The van der Waals surface area contributed by atoms with Crippen LogP contribution in [0.3, 0.4) is 0 Å². The molecule has 0 bridgehead atoms. The molecule has 0 amide bonds. The molecule has 0 unspecified atom stereocenters. The van der Waals surface area contributed by atoms with Crippen molar-refractivity contribution in [3.05, 3.63) is 42.5 Å². The highest BCUT2D eigenvalue weighted by Crippen LogP contribution is 2.33. The summed E-state index contributed by atoms with van der Waals surface area (Å²) in [6, 6.07) is 11.8. The fourth-order valence-corrected chi connectivity index (χ4v) is 3.72. The predicted octanol–water partition coefficient (Wildman–Crippen LogP) is 1.58. The lowest BCUT2D eigenvalue weighted by Crippen LogP contribution is -2.40. The van der Waals surface area contributed by atoms with E-state index in [1.165, 1.54) is 12.1 Å². The van der Waals surface area contributed by atoms with Gasteiger partial charge in [0.05, 0.1) is 11.4 Å². The summed E-state index contributed by atoms with van der Waals surface area (Å²) in [5, 5.41) is 0. The maximum Gasteiger partial charge on any atom is 0.240 e. The Balaban J connectivity index is 1.44. The summed E-state index contributed by atoms with van der Waals surface area (Å²) in [6.07, 6.45) is -0.401. The Morgan fingerprint density at radius 1 is 0.920 bits per heavy atom. The van der Waals surface area contributed by atoms with Gasteiger partial charge < -0.3 is 18.9 Å². The van der Waals surface area contributed by atoms with Crippen LogP contribution in [0, 0.1) is 0 Å². The molecule has 2 heterocycles. The van der Waals surface area contributed by atoms with Crippen molar-refractivity contribution in [3.63, 3.8) is 0 Å². The van der Waals surface area contributed by atoms with Crippen molar-refractivity contribution in [3.8, 4) is 23.0 Å². The average Bonchev–Trinajstić information content (AvgIpc) is 2.66. The van der Waals surface area contributed by atoms with Gasteiger partial charge in [-0.15, -0.1) is 0 Å². The van der Waals surface area contributed by atoms with E-state index in [4.69, 9.17) is 18.9 Å². The molecule has 0 spiro atoms. The van der Waals surface area contributed by atoms with Gasteiger partial charge in [-0.25, -0.2) is 13.1 Å². The van der Waals surface area contributed by atoms with Crippen LogP contribution in [0.15, 0.2) is 47.4 Å². The molecule has 0 aromatic heterocycles. The first-order valence-corrected chi connectivity index (χ1v) is 9.38. The van der Waals surface area contributed by atoms with Crippen LogP contribution in [0.1, 0.15) is 0 Å². The lowest BCUT2D eigenvalue weighted by atomic mass is 10.2. The van der Waals surface area contributed by atoms with Crippen LogP contribution in [0.25, 0.3) is 0 Å². The third kappa shape index (κ3) is 3.35. The van der Waals surface area contributed by atoms with Gasteiger partial charge in [0.25, 0.3) is 0 Å². The van der Waals surface area contributed by atoms with Crippen LogP contribution in [0.2, 0.25) is 0 Å². The van der Waals surface area contributed by atoms with Gasteiger partial charge in [0, 0.05) is 6.07 Å². The van der Waals surface area contributed by atoms with Crippen LogP contribution in [-0.2, 0) is 10.0 Å². The van der Waals surface area contributed by atoms with E-state index in [-0.39, 0.29) is 18.0 Å². The molecule has 7 nitrogen and oxygen atoms in total. The van der Waals surface area contributed by atoms with Crippen molar-refractivity contribution in [1.82, 2.24) is 4.72 Å². The maximum atomic E-state index is 12.5. The Bertz CT molecular complexity index is 882. The van der Waals surface area contributed by atoms with Crippen molar-refractivity contribution in [1.29, 1.82) is 0 Å². The quantitative estimate of drug-likeness (QED) is 0.888. The van der Waals surface area contributed by atoms with Crippen molar-refractivity contribution in [2.45, 2.75) is 11.0 Å². The van der Waals surface area contributed by atoms with Gasteiger partial charge >= 0.3 is 0 Å². The minimum atomic E-state index is -3.69. The number of fused-ring (bicyclic) bond motifs is 2. The first-order valence-electron chi connectivity index (χ1n) is 7.90. The monoisotopic (exact) mass is 363 g/mol. The first-order chi connectivity index (χ1) is 12.1. The van der Waals surface area contributed by atoms with Gasteiger partial charge in [-0.3, -0.25) is 0 Å². The standard InChI is InChI=1S/C17H17NO6S/c19-25(20,13-5-6-15-17(9-13)22-8-7-21-15)18-10-12-11-23-14-3-1-2-4-16(14)24-12/h1-6,9,12,18H,7-8,10-11H2/t12-/m0/s1. The van der Waals surface area contributed by atoms with E-state index in [2.05, 4.69) is 4.72 Å². The predicted molar refractivity (Wildman–Crippen MR) is 89.0 cm³/mol. The molecule has 2 aromatic carbocycles. The van der Waals surface area contributed by atoms with Crippen LogP contribution in [0.5, 0.6) is 23.0 Å². The van der Waals surface area contributed by atoms with E-state index in [1.807, 2.05) is 18.2 Å². The van der Waals surface area contributed by atoms with E-state index in [9.17, 15) is 8.42 Å². The number of para-hydroxylation sites is 2. The molecule has 0 fully saturated rings. The second kappa shape index (κ2) is 6.45. The average molecular weight is 363 g/mol. The Kier molecular flexibility index (Phi) is 4.14. The van der Waals surface area contributed by atoms with Crippen molar-refractivity contribution in [2.75, 3.05) is 26.4 Å². The molecule has 2 aromatic rings. The van der Waals surface area contributed by atoms with Crippen LogP contribution < -0.4 is 23.7 Å². The molecule has 2 aliphatic rings. The van der Waals surface area contributed by atoms with Crippen molar-refractivity contribution in [2.24, 2.45) is 0 Å². The number of rotatable bonds is 4. The largest absolute Gasteiger partial charge is 0.486 e. The normalized spacial score (nSPS) is 18.6. The Morgan fingerprint density at radius 2 is 1.64 bits per heavy atom. The zero-order valence-corrected chi connectivity index (χ0v) is 14.1. The molecular formula is C17H17NO6S. The summed E-state index contributed by atoms with van der Waals surface area (Å²) in [5.41, 5.74) is 0. The summed E-state index contributed by atoms with van der Waals surface area (Å²) in [5.74, 6) is 2.25. The first kappa shape index (κ1) is 16.0. The minimum Gasteiger partial charge on any atom is -0.486 e. The Morgan fingerprint density at radius 3 is 2.48 bits per heavy atom.